The number of anilines is 1. The number of thioether (sulfide) groups is 1. The van der Waals surface area contributed by atoms with Crippen LogP contribution in [0.5, 0.6) is 5.75 Å². The second kappa shape index (κ2) is 11.8. The summed E-state index contributed by atoms with van der Waals surface area (Å²) in [5, 5.41) is 14.2. The van der Waals surface area contributed by atoms with Crippen LogP contribution in [0.1, 0.15) is 25.2 Å². The van der Waals surface area contributed by atoms with Crippen molar-refractivity contribution >= 4 is 34.1 Å². The van der Waals surface area contributed by atoms with Gasteiger partial charge in [0.1, 0.15) is 12.4 Å². The Morgan fingerprint density at radius 1 is 1.20 bits per heavy atom. The SMILES string of the molecule is C=CCn1c(COc2ccc(CC)cc2)nnc1SC(C)C(=O)Nc1nc(-c2ccccc2)cs1. The molecular formula is C26H27N5O2S2. The quantitative estimate of drug-likeness (QED) is 0.203. The summed E-state index contributed by atoms with van der Waals surface area (Å²) < 4.78 is 7.82. The number of hydrogen-bond donors (Lipinski definition) is 1. The van der Waals surface area contributed by atoms with Crippen LogP contribution in [0.3, 0.4) is 0 Å². The molecule has 180 valence electrons. The smallest absolute Gasteiger partial charge is 0.239 e. The van der Waals surface area contributed by atoms with Gasteiger partial charge in [-0.2, -0.15) is 0 Å². The first-order chi connectivity index (χ1) is 17.1. The van der Waals surface area contributed by atoms with Gasteiger partial charge in [-0.1, -0.05) is 67.2 Å². The molecule has 4 rings (SSSR count). The number of hydrogen-bond acceptors (Lipinski definition) is 7. The Bertz CT molecular complexity index is 1270. The van der Waals surface area contributed by atoms with E-state index in [0.29, 0.717) is 22.7 Å². The highest BCUT2D eigenvalue weighted by Crippen LogP contribution is 2.27. The fourth-order valence-electron chi connectivity index (χ4n) is 3.29. The highest BCUT2D eigenvalue weighted by Gasteiger charge is 2.21. The van der Waals surface area contributed by atoms with E-state index in [1.165, 1.54) is 28.7 Å². The average Bonchev–Trinajstić information content (AvgIpc) is 3.51. The van der Waals surface area contributed by atoms with Gasteiger partial charge in [-0.15, -0.1) is 28.1 Å². The second-order valence-electron chi connectivity index (χ2n) is 7.74. The summed E-state index contributed by atoms with van der Waals surface area (Å²) in [5.41, 5.74) is 3.11. The molecule has 1 atom stereocenters. The number of carbonyl (C=O) groups is 1. The molecule has 1 amide bonds. The minimum absolute atomic E-state index is 0.147. The molecule has 4 aromatic rings. The summed E-state index contributed by atoms with van der Waals surface area (Å²) in [5.74, 6) is 1.30. The molecule has 0 spiro atoms. The van der Waals surface area contributed by atoms with Crippen LogP contribution >= 0.6 is 23.1 Å². The van der Waals surface area contributed by atoms with Crippen LogP contribution in [-0.2, 0) is 24.4 Å². The van der Waals surface area contributed by atoms with Crippen molar-refractivity contribution in [2.75, 3.05) is 5.32 Å². The van der Waals surface area contributed by atoms with Crippen LogP contribution in [-0.4, -0.2) is 30.9 Å². The van der Waals surface area contributed by atoms with Crippen molar-refractivity contribution in [1.82, 2.24) is 19.7 Å². The molecule has 7 nitrogen and oxygen atoms in total. The van der Waals surface area contributed by atoms with Crippen molar-refractivity contribution in [1.29, 1.82) is 0 Å². The maximum atomic E-state index is 12.8. The van der Waals surface area contributed by atoms with E-state index in [1.54, 1.807) is 6.08 Å². The highest BCUT2D eigenvalue weighted by molar-refractivity contribution is 8.00. The minimum atomic E-state index is -0.401. The molecule has 0 aliphatic carbocycles. The van der Waals surface area contributed by atoms with Crippen LogP contribution in [0.4, 0.5) is 5.13 Å². The van der Waals surface area contributed by atoms with E-state index in [9.17, 15) is 4.79 Å². The molecule has 0 radical (unpaired) electrons. The van der Waals surface area contributed by atoms with Crippen molar-refractivity contribution in [3.63, 3.8) is 0 Å². The van der Waals surface area contributed by atoms with Crippen molar-refractivity contribution in [2.24, 2.45) is 0 Å². The molecule has 0 aliphatic heterocycles. The van der Waals surface area contributed by atoms with Crippen LogP contribution in [0.2, 0.25) is 0 Å². The van der Waals surface area contributed by atoms with Gasteiger partial charge in [0.05, 0.1) is 10.9 Å². The van der Waals surface area contributed by atoms with E-state index >= 15 is 0 Å². The summed E-state index contributed by atoms with van der Waals surface area (Å²) in [6, 6.07) is 17.9. The molecule has 0 saturated carbocycles. The Morgan fingerprint density at radius 3 is 2.69 bits per heavy atom. The third-order valence-electron chi connectivity index (χ3n) is 5.26. The first-order valence-corrected chi connectivity index (χ1v) is 13.1. The predicted molar refractivity (Wildman–Crippen MR) is 142 cm³/mol. The molecule has 0 saturated heterocycles. The molecule has 2 heterocycles. The molecule has 35 heavy (non-hydrogen) atoms. The number of amides is 1. The van der Waals surface area contributed by atoms with Gasteiger partial charge in [-0.3, -0.25) is 9.36 Å². The maximum absolute atomic E-state index is 12.8. The Hall–Kier alpha value is -3.43. The fourth-order valence-corrected chi connectivity index (χ4v) is 4.89. The van der Waals surface area contributed by atoms with Gasteiger partial charge in [-0.05, 0) is 31.0 Å². The molecule has 0 bridgehead atoms. The summed E-state index contributed by atoms with van der Waals surface area (Å²) in [7, 11) is 0. The van der Waals surface area contributed by atoms with E-state index in [-0.39, 0.29) is 12.5 Å². The van der Waals surface area contributed by atoms with Crippen LogP contribution in [0.15, 0.2) is 77.8 Å². The first-order valence-electron chi connectivity index (χ1n) is 11.3. The van der Waals surface area contributed by atoms with Gasteiger partial charge in [0.25, 0.3) is 0 Å². The first kappa shape index (κ1) is 24.7. The molecule has 9 heteroatoms. The summed E-state index contributed by atoms with van der Waals surface area (Å²) in [4.78, 5) is 17.4. The lowest BCUT2D eigenvalue weighted by molar-refractivity contribution is -0.115. The Kier molecular flexibility index (Phi) is 8.33. The average molecular weight is 506 g/mol. The summed E-state index contributed by atoms with van der Waals surface area (Å²) in [6.45, 7) is 8.59. The third-order valence-corrected chi connectivity index (χ3v) is 7.10. The van der Waals surface area contributed by atoms with Crippen LogP contribution in [0.25, 0.3) is 11.3 Å². The van der Waals surface area contributed by atoms with Crippen molar-refractivity contribution in [3.05, 3.63) is 84.0 Å². The second-order valence-corrected chi connectivity index (χ2v) is 9.90. The number of rotatable bonds is 11. The Balaban J connectivity index is 1.38. The number of carbonyl (C=O) groups excluding carboxylic acids is 1. The number of aryl methyl sites for hydroxylation is 1. The lowest BCUT2D eigenvalue weighted by Gasteiger charge is -2.12. The number of allylic oxidation sites excluding steroid dienone is 1. The number of benzene rings is 2. The molecule has 0 aliphatic rings. The van der Waals surface area contributed by atoms with Crippen molar-refractivity contribution in [2.45, 2.75) is 43.8 Å². The van der Waals surface area contributed by atoms with Gasteiger partial charge >= 0.3 is 0 Å². The predicted octanol–water partition coefficient (Wildman–Crippen LogP) is 5.85. The lowest BCUT2D eigenvalue weighted by atomic mass is 10.2. The molecule has 1 unspecified atom stereocenters. The van der Waals surface area contributed by atoms with E-state index in [1.807, 2.05) is 59.3 Å². The summed E-state index contributed by atoms with van der Waals surface area (Å²) in [6.07, 6.45) is 2.76. The number of ether oxygens (including phenoxy) is 1. The van der Waals surface area contributed by atoms with Crippen molar-refractivity contribution < 1.29 is 9.53 Å². The van der Waals surface area contributed by atoms with E-state index in [2.05, 4.69) is 46.1 Å². The number of aromatic nitrogens is 4. The van der Waals surface area contributed by atoms with Crippen molar-refractivity contribution in [3.8, 4) is 17.0 Å². The normalized spacial score (nSPS) is 11.7. The van der Waals surface area contributed by atoms with Crippen LogP contribution in [0, 0.1) is 0 Å². The zero-order chi connectivity index (χ0) is 24.6. The van der Waals surface area contributed by atoms with Gasteiger partial charge in [-0.25, -0.2) is 4.98 Å². The fraction of sp³-hybridized carbons (Fsp3) is 0.231. The zero-order valence-electron chi connectivity index (χ0n) is 19.7. The molecule has 0 fully saturated rings. The largest absolute Gasteiger partial charge is 0.486 e. The monoisotopic (exact) mass is 505 g/mol. The van der Waals surface area contributed by atoms with E-state index < -0.39 is 5.25 Å². The molecule has 1 N–H and O–H groups in total. The molecule has 2 aromatic heterocycles. The van der Waals surface area contributed by atoms with Gasteiger partial charge in [0.2, 0.25) is 5.91 Å². The summed E-state index contributed by atoms with van der Waals surface area (Å²) >= 11 is 2.74. The standard InChI is InChI=1S/C26H27N5O2S2/c1-4-15-31-23(16-33-21-13-11-19(5-2)12-14-21)29-30-26(31)35-18(3)24(32)28-25-27-22(17-34-25)20-9-7-6-8-10-20/h4,6-14,17-18H,1,5,15-16H2,2-3H3,(H,27,28,32). The zero-order valence-corrected chi connectivity index (χ0v) is 21.3. The number of nitrogens with zero attached hydrogens (tertiary/aromatic N) is 4. The van der Waals surface area contributed by atoms with Gasteiger partial charge in [0.15, 0.2) is 16.1 Å². The lowest BCUT2D eigenvalue weighted by Crippen LogP contribution is -2.23. The number of thiazole rings is 1. The third kappa shape index (κ3) is 6.37. The maximum Gasteiger partial charge on any atom is 0.239 e. The Labute approximate surface area is 213 Å². The molecular weight excluding hydrogens is 478 g/mol. The Morgan fingerprint density at radius 2 is 1.97 bits per heavy atom. The highest BCUT2D eigenvalue weighted by atomic mass is 32.2. The van der Waals surface area contributed by atoms with Crippen LogP contribution < -0.4 is 10.1 Å². The van der Waals surface area contributed by atoms with Gasteiger partial charge in [0, 0.05) is 17.5 Å². The van der Waals surface area contributed by atoms with E-state index in [4.69, 9.17) is 4.74 Å². The minimum Gasteiger partial charge on any atom is -0.486 e. The molecule has 2 aromatic carbocycles. The van der Waals surface area contributed by atoms with Gasteiger partial charge < -0.3 is 10.1 Å². The topological polar surface area (TPSA) is 81.9 Å². The van der Waals surface area contributed by atoms with E-state index in [0.717, 1.165) is 23.4 Å². The number of nitrogens with one attached hydrogen (secondary N) is 1.